The summed E-state index contributed by atoms with van der Waals surface area (Å²) in [6.07, 6.45) is 1.61. The van der Waals surface area contributed by atoms with Crippen LogP contribution in [-0.2, 0) is 4.79 Å². The lowest BCUT2D eigenvalue weighted by atomic mass is 10.2. The van der Waals surface area contributed by atoms with Crippen LogP contribution in [0.4, 0.5) is 15.8 Å². The fourth-order valence-corrected chi connectivity index (χ4v) is 1.85. The number of rotatable bonds is 3. The number of benzene rings is 1. The van der Waals surface area contributed by atoms with Gasteiger partial charge in [-0.3, -0.25) is 14.9 Å². The first kappa shape index (κ1) is 12.4. The average Bonchev–Trinajstić information content (AvgIpc) is 2.85. The van der Waals surface area contributed by atoms with E-state index in [0.29, 0.717) is 6.42 Å². The number of anilines is 1. The average molecular weight is 253 g/mol. The van der Waals surface area contributed by atoms with E-state index >= 15 is 0 Å². The molecule has 18 heavy (non-hydrogen) atoms. The lowest BCUT2D eigenvalue weighted by Crippen LogP contribution is -2.35. The molecule has 1 aromatic carbocycles. The van der Waals surface area contributed by atoms with Crippen molar-refractivity contribution in [3.05, 3.63) is 34.1 Å². The topological polar surface area (TPSA) is 84.3 Å². The van der Waals surface area contributed by atoms with Gasteiger partial charge in [0.25, 0.3) is 5.69 Å². The maximum atomic E-state index is 13.5. The van der Waals surface area contributed by atoms with Crippen molar-refractivity contribution in [1.29, 1.82) is 0 Å². The minimum atomic E-state index is -0.810. The van der Waals surface area contributed by atoms with Crippen molar-refractivity contribution in [3.8, 4) is 0 Å². The zero-order valence-corrected chi connectivity index (χ0v) is 9.48. The van der Waals surface area contributed by atoms with Crippen molar-refractivity contribution in [1.82, 2.24) is 5.32 Å². The van der Waals surface area contributed by atoms with E-state index in [-0.39, 0.29) is 23.3 Å². The van der Waals surface area contributed by atoms with E-state index in [1.807, 2.05) is 0 Å². The second-order valence-corrected chi connectivity index (χ2v) is 4.06. The molecule has 1 aliphatic rings. The molecule has 0 unspecified atom stereocenters. The van der Waals surface area contributed by atoms with Crippen LogP contribution < -0.4 is 10.6 Å². The predicted octanol–water partition coefficient (Wildman–Crippen LogP) is 1.42. The number of non-ortho nitro benzene ring substituents is 1. The molecule has 1 amide bonds. The molecular weight excluding hydrogens is 241 g/mol. The van der Waals surface area contributed by atoms with Gasteiger partial charge < -0.3 is 10.6 Å². The van der Waals surface area contributed by atoms with Crippen LogP contribution >= 0.6 is 0 Å². The molecule has 0 saturated carbocycles. The quantitative estimate of drug-likeness (QED) is 0.630. The van der Waals surface area contributed by atoms with Gasteiger partial charge in [-0.1, -0.05) is 0 Å². The van der Waals surface area contributed by atoms with Gasteiger partial charge in [0, 0.05) is 6.07 Å². The fraction of sp³-hybridized carbons (Fsp3) is 0.364. The van der Waals surface area contributed by atoms with Gasteiger partial charge in [0.15, 0.2) is 5.82 Å². The molecule has 1 fully saturated rings. The highest BCUT2D eigenvalue weighted by molar-refractivity contribution is 5.95. The predicted molar refractivity (Wildman–Crippen MR) is 62.7 cm³/mol. The lowest BCUT2D eigenvalue weighted by Gasteiger charge is -2.11. The van der Waals surface area contributed by atoms with Crippen molar-refractivity contribution in [3.63, 3.8) is 0 Å². The number of carbonyl (C=O) groups is 1. The molecule has 0 bridgehead atoms. The smallest absolute Gasteiger partial charge is 0.272 e. The first-order chi connectivity index (χ1) is 8.58. The standard InChI is InChI=1S/C11H12FN3O3/c12-8-6-7(15(17)18)3-4-9(8)14-11(16)10-2-1-5-13-10/h3-4,6,10,13H,1-2,5H2,(H,14,16)/t10-/m0/s1. The Morgan fingerprint density at radius 1 is 1.56 bits per heavy atom. The van der Waals surface area contributed by atoms with Gasteiger partial charge in [-0.25, -0.2) is 4.39 Å². The van der Waals surface area contributed by atoms with Gasteiger partial charge in [-0.05, 0) is 25.5 Å². The van der Waals surface area contributed by atoms with Crippen molar-refractivity contribution in [2.24, 2.45) is 0 Å². The molecule has 2 rings (SSSR count). The Morgan fingerprint density at radius 2 is 2.33 bits per heavy atom. The molecule has 1 saturated heterocycles. The number of hydrogen-bond acceptors (Lipinski definition) is 4. The molecular formula is C11H12FN3O3. The Labute approximate surface area is 102 Å². The number of nitrogens with one attached hydrogen (secondary N) is 2. The monoisotopic (exact) mass is 253 g/mol. The second kappa shape index (κ2) is 5.09. The Bertz CT molecular complexity index is 486. The maximum absolute atomic E-state index is 13.5. The van der Waals surface area contributed by atoms with E-state index in [9.17, 15) is 19.3 Å². The van der Waals surface area contributed by atoms with Gasteiger partial charge in [-0.2, -0.15) is 0 Å². The Balaban J connectivity index is 2.09. The van der Waals surface area contributed by atoms with E-state index in [4.69, 9.17) is 0 Å². The zero-order valence-electron chi connectivity index (χ0n) is 9.48. The van der Waals surface area contributed by atoms with Gasteiger partial charge in [0.05, 0.1) is 22.7 Å². The van der Waals surface area contributed by atoms with Crippen LogP contribution in [0, 0.1) is 15.9 Å². The molecule has 0 spiro atoms. The highest BCUT2D eigenvalue weighted by Crippen LogP contribution is 2.21. The highest BCUT2D eigenvalue weighted by atomic mass is 19.1. The Kier molecular flexibility index (Phi) is 3.52. The molecule has 1 aliphatic heterocycles. The molecule has 0 aliphatic carbocycles. The summed E-state index contributed by atoms with van der Waals surface area (Å²) < 4.78 is 13.5. The van der Waals surface area contributed by atoms with Crippen LogP contribution in [0.25, 0.3) is 0 Å². The summed E-state index contributed by atoms with van der Waals surface area (Å²) in [5, 5.41) is 15.8. The van der Waals surface area contributed by atoms with Crippen LogP contribution in [0.15, 0.2) is 18.2 Å². The van der Waals surface area contributed by atoms with Crippen molar-refractivity contribution >= 4 is 17.3 Å². The minimum absolute atomic E-state index is 0.0423. The lowest BCUT2D eigenvalue weighted by molar-refractivity contribution is -0.385. The summed E-state index contributed by atoms with van der Waals surface area (Å²) in [6.45, 7) is 0.765. The van der Waals surface area contributed by atoms with E-state index < -0.39 is 10.7 Å². The van der Waals surface area contributed by atoms with Crippen LogP contribution in [0.2, 0.25) is 0 Å². The van der Waals surface area contributed by atoms with Gasteiger partial charge in [0.2, 0.25) is 5.91 Å². The highest BCUT2D eigenvalue weighted by Gasteiger charge is 2.23. The molecule has 1 atom stereocenters. The number of nitrogens with zero attached hydrogens (tertiary/aromatic N) is 1. The summed E-state index contributed by atoms with van der Waals surface area (Å²) in [5.41, 5.74) is -0.385. The summed E-state index contributed by atoms with van der Waals surface area (Å²) in [4.78, 5) is 21.5. The fourth-order valence-electron chi connectivity index (χ4n) is 1.85. The Hall–Kier alpha value is -2.02. The minimum Gasteiger partial charge on any atom is -0.322 e. The van der Waals surface area contributed by atoms with E-state index in [1.165, 1.54) is 6.07 Å². The summed E-state index contributed by atoms with van der Waals surface area (Å²) >= 11 is 0. The van der Waals surface area contributed by atoms with Gasteiger partial charge >= 0.3 is 0 Å². The molecule has 1 heterocycles. The molecule has 0 aromatic heterocycles. The van der Waals surface area contributed by atoms with Crippen LogP contribution in [0.5, 0.6) is 0 Å². The molecule has 1 aromatic rings. The SMILES string of the molecule is O=C(Nc1ccc([N+](=O)[O-])cc1F)[C@@H]1CCCN1. The first-order valence-electron chi connectivity index (χ1n) is 5.56. The number of hydrogen-bond donors (Lipinski definition) is 2. The van der Waals surface area contributed by atoms with Gasteiger partial charge in [-0.15, -0.1) is 0 Å². The van der Waals surface area contributed by atoms with Crippen LogP contribution in [-0.4, -0.2) is 23.4 Å². The van der Waals surface area contributed by atoms with E-state index in [1.54, 1.807) is 0 Å². The summed E-state index contributed by atoms with van der Waals surface area (Å²) in [6, 6.07) is 2.82. The molecule has 6 nitrogen and oxygen atoms in total. The largest absolute Gasteiger partial charge is 0.322 e. The van der Waals surface area contributed by atoms with E-state index in [0.717, 1.165) is 25.1 Å². The number of carbonyl (C=O) groups excluding carboxylic acids is 1. The number of nitro benzene ring substituents is 1. The Morgan fingerprint density at radius 3 is 2.89 bits per heavy atom. The third kappa shape index (κ3) is 2.62. The number of amides is 1. The third-order valence-electron chi connectivity index (χ3n) is 2.80. The molecule has 7 heteroatoms. The van der Waals surface area contributed by atoms with Crippen LogP contribution in [0.1, 0.15) is 12.8 Å². The maximum Gasteiger partial charge on any atom is 0.272 e. The van der Waals surface area contributed by atoms with Crippen molar-refractivity contribution in [2.45, 2.75) is 18.9 Å². The zero-order chi connectivity index (χ0) is 13.1. The second-order valence-electron chi connectivity index (χ2n) is 4.06. The van der Waals surface area contributed by atoms with Gasteiger partial charge in [0.1, 0.15) is 0 Å². The van der Waals surface area contributed by atoms with E-state index in [2.05, 4.69) is 10.6 Å². The third-order valence-corrected chi connectivity index (χ3v) is 2.80. The number of nitro groups is 1. The molecule has 96 valence electrons. The normalized spacial score (nSPS) is 18.6. The first-order valence-corrected chi connectivity index (χ1v) is 5.56. The van der Waals surface area contributed by atoms with Crippen LogP contribution in [0.3, 0.4) is 0 Å². The summed E-state index contributed by atoms with van der Waals surface area (Å²) in [5.74, 6) is -1.13. The van der Waals surface area contributed by atoms with Crippen molar-refractivity contribution in [2.75, 3.05) is 11.9 Å². The summed E-state index contributed by atoms with van der Waals surface area (Å²) in [7, 11) is 0. The molecule has 2 N–H and O–H groups in total. The number of halogens is 1. The molecule has 0 radical (unpaired) electrons. The van der Waals surface area contributed by atoms with Crippen molar-refractivity contribution < 1.29 is 14.1 Å².